The van der Waals surface area contributed by atoms with Gasteiger partial charge in [-0.15, -0.1) is 11.6 Å². The number of aliphatic hydroxyl groups excluding tert-OH is 1. The van der Waals surface area contributed by atoms with Crippen LogP contribution in [0.1, 0.15) is 5.56 Å². The van der Waals surface area contributed by atoms with E-state index in [4.69, 9.17) is 21.4 Å². The van der Waals surface area contributed by atoms with Crippen LogP contribution in [0.3, 0.4) is 0 Å². The molecule has 0 aliphatic rings. The Kier molecular flexibility index (Phi) is 3.84. The molecule has 1 rings (SSSR count). The van der Waals surface area contributed by atoms with Crippen LogP contribution in [0.5, 0.6) is 5.88 Å². The fourth-order valence-corrected chi connectivity index (χ4v) is 1.00. The van der Waals surface area contributed by atoms with E-state index in [2.05, 4.69) is 4.98 Å². The zero-order valence-electron chi connectivity index (χ0n) is 6.53. The summed E-state index contributed by atoms with van der Waals surface area (Å²) in [4.78, 5) is 3.97. The van der Waals surface area contributed by atoms with E-state index in [0.717, 1.165) is 5.56 Å². The molecule has 0 unspecified atom stereocenters. The molecular formula is C8H10ClNO2. The molecule has 0 aromatic carbocycles. The summed E-state index contributed by atoms with van der Waals surface area (Å²) in [7, 11) is 0. The molecule has 0 aliphatic heterocycles. The van der Waals surface area contributed by atoms with Gasteiger partial charge in [0.25, 0.3) is 0 Å². The molecule has 0 saturated carbocycles. The van der Waals surface area contributed by atoms with Crippen LogP contribution < -0.4 is 4.74 Å². The zero-order valence-corrected chi connectivity index (χ0v) is 7.29. The smallest absolute Gasteiger partial charge is 0.217 e. The van der Waals surface area contributed by atoms with Crippen LogP contribution in [0.25, 0.3) is 0 Å². The van der Waals surface area contributed by atoms with Crippen molar-refractivity contribution in [3.8, 4) is 5.88 Å². The molecule has 0 spiro atoms. The maximum Gasteiger partial charge on any atom is 0.217 e. The molecule has 0 amide bonds. The Bertz CT molecular complexity index is 242. The monoisotopic (exact) mass is 187 g/mol. The lowest BCUT2D eigenvalue weighted by atomic mass is 10.3. The average Bonchev–Trinajstić information content (AvgIpc) is 2.15. The molecule has 66 valence electrons. The predicted octanol–water partition coefficient (Wildman–Crippen LogP) is 1.19. The van der Waals surface area contributed by atoms with Gasteiger partial charge in [-0.1, -0.05) is 6.07 Å². The first-order valence-corrected chi connectivity index (χ1v) is 4.15. The maximum absolute atomic E-state index is 8.51. The van der Waals surface area contributed by atoms with Crippen LogP contribution in [0.4, 0.5) is 0 Å². The van der Waals surface area contributed by atoms with Gasteiger partial charge < -0.3 is 9.84 Å². The number of ether oxygens (including phenoxy) is 1. The van der Waals surface area contributed by atoms with Gasteiger partial charge in [0.1, 0.15) is 6.61 Å². The van der Waals surface area contributed by atoms with Crippen LogP contribution >= 0.6 is 11.6 Å². The van der Waals surface area contributed by atoms with Crippen molar-refractivity contribution >= 4 is 11.6 Å². The fraction of sp³-hybridized carbons (Fsp3) is 0.375. The molecule has 4 heteroatoms. The Morgan fingerprint density at radius 3 is 3.08 bits per heavy atom. The number of rotatable bonds is 4. The molecule has 0 saturated heterocycles. The van der Waals surface area contributed by atoms with E-state index in [-0.39, 0.29) is 13.2 Å². The van der Waals surface area contributed by atoms with Gasteiger partial charge in [-0.2, -0.15) is 0 Å². The first-order valence-electron chi connectivity index (χ1n) is 3.62. The largest absolute Gasteiger partial charge is 0.475 e. The maximum atomic E-state index is 8.51. The Hall–Kier alpha value is -0.800. The van der Waals surface area contributed by atoms with Crippen LogP contribution in [-0.4, -0.2) is 23.3 Å². The fourth-order valence-electron chi connectivity index (χ4n) is 0.798. The molecule has 1 N–H and O–H groups in total. The standard InChI is InChI=1S/C8H10ClNO2/c9-6-7-2-1-3-10-8(7)12-5-4-11/h1-3,11H,4-6H2. The molecule has 1 aromatic heterocycles. The summed E-state index contributed by atoms with van der Waals surface area (Å²) in [5.74, 6) is 0.871. The first kappa shape index (κ1) is 9.29. The average molecular weight is 188 g/mol. The Labute approximate surface area is 76.0 Å². The lowest BCUT2D eigenvalue weighted by Gasteiger charge is -2.05. The van der Waals surface area contributed by atoms with Gasteiger partial charge in [-0.25, -0.2) is 4.98 Å². The van der Waals surface area contributed by atoms with Crippen LogP contribution in [0.2, 0.25) is 0 Å². The van der Waals surface area contributed by atoms with Crippen LogP contribution in [0, 0.1) is 0 Å². The second-order valence-electron chi connectivity index (χ2n) is 2.17. The zero-order chi connectivity index (χ0) is 8.81. The lowest BCUT2D eigenvalue weighted by Crippen LogP contribution is -2.04. The second-order valence-corrected chi connectivity index (χ2v) is 2.44. The third kappa shape index (κ3) is 2.36. The molecular weight excluding hydrogens is 178 g/mol. The van der Waals surface area contributed by atoms with E-state index >= 15 is 0 Å². The van der Waals surface area contributed by atoms with Gasteiger partial charge in [0.05, 0.1) is 12.5 Å². The van der Waals surface area contributed by atoms with Crippen molar-refractivity contribution in [2.75, 3.05) is 13.2 Å². The number of nitrogens with zero attached hydrogens (tertiary/aromatic N) is 1. The molecule has 0 bridgehead atoms. The lowest BCUT2D eigenvalue weighted by molar-refractivity contribution is 0.196. The van der Waals surface area contributed by atoms with Crippen molar-refractivity contribution in [3.05, 3.63) is 23.9 Å². The van der Waals surface area contributed by atoms with E-state index in [0.29, 0.717) is 11.8 Å². The molecule has 3 nitrogen and oxygen atoms in total. The predicted molar refractivity (Wildman–Crippen MR) is 46.4 cm³/mol. The SMILES string of the molecule is OCCOc1ncccc1CCl. The van der Waals surface area contributed by atoms with Gasteiger partial charge in [-0.05, 0) is 6.07 Å². The summed E-state index contributed by atoms with van der Waals surface area (Å²) in [6.45, 7) is 0.235. The first-order chi connectivity index (χ1) is 5.88. The van der Waals surface area contributed by atoms with Crippen molar-refractivity contribution in [1.82, 2.24) is 4.98 Å². The number of alkyl halides is 1. The highest BCUT2D eigenvalue weighted by atomic mass is 35.5. The normalized spacial score (nSPS) is 9.83. The van der Waals surface area contributed by atoms with E-state index in [1.807, 2.05) is 6.07 Å². The van der Waals surface area contributed by atoms with Gasteiger partial charge >= 0.3 is 0 Å². The summed E-state index contributed by atoms with van der Waals surface area (Å²) in [5, 5.41) is 8.51. The van der Waals surface area contributed by atoms with Crippen molar-refractivity contribution < 1.29 is 9.84 Å². The number of hydrogen-bond donors (Lipinski definition) is 1. The minimum Gasteiger partial charge on any atom is -0.475 e. The quantitative estimate of drug-likeness (QED) is 0.721. The Morgan fingerprint density at radius 1 is 1.58 bits per heavy atom. The molecule has 1 heterocycles. The Balaban J connectivity index is 2.68. The highest BCUT2D eigenvalue weighted by Gasteiger charge is 2.01. The van der Waals surface area contributed by atoms with Crippen molar-refractivity contribution in [2.45, 2.75) is 5.88 Å². The topological polar surface area (TPSA) is 42.4 Å². The van der Waals surface area contributed by atoms with E-state index < -0.39 is 0 Å². The highest BCUT2D eigenvalue weighted by molar-refractivity contribution is 6.17. The van der Waals surface area contributed by atoms with Crippen molar-refractivity contribution in [1.29, 1.82) is 0 Å². The highest BCUT2D eigenvalue weighted by Crippen LogP contribution is 2.15. The molecule has 12 heavy (non-hydrogen) atoms. The van der Waals surface area contributed by atoms with E-state index in [9.17, 15) is 0 Å². The number of halogens is 1. The van der Waals surface area contributed by atoms with Gasteiger partial charge in [0.2, 0.25) is 5.88 Å². The summed E-state index contributed by atoms with van der Waals surface area (Å²) < 4.78 is 5.13. The minimum absolute atomic E-state index is 0.0156. The molecule has 0 radical (unpaired) electrons. The number of aliphatic hydroxyl groups is 1. The van der Waals surface area contributed by atoms with Crippen LogP contribution in [-0.2, 0) is 5.88 Å². The summed E-state index contributed by atoms with van der Waals surface area (Å²) in [6.07, 6.45) is 1.63. The third-order valence-electron chi connectivity index (χ3n) is 1.32. The minimum atomic E-state index is -0.0156. The third-order valence-corrected chi connectivity index (χ3v) is 1.61. The Morgan fingerprint density at radius 2 is 2.42 bits per heavy atom. The number of aromatic nitrogens is 1. The van der Waals surface area contributed by atoms with Gasteiger partial charge in [0, 0.05) is 11.8 Å². The number of pyridine rings is 1. The van der Waals surface area contributed by atoms with Crippen LogP contribution in [0.15, 0.2) is 18.3 Å². The van der Waals surface area contributed by atoms with Crippen molar-refractivity contribution in [3.63, 3.8) is 0 Å². The second kappa shape index (κ2) is 4.95. The van der Waals surface area contributed by atoms with E-state index in [1.165, 1.54) is 0 Å². The van der Waals surface area contributed by atoms with Gasteiger partial charge in [0.15, 0.2) is 0 Å². The van der Waals surface area contributed by atoms with Crippen molar-refractivity contribution in [2.24, 2.45) is 0 Å². The number of hydrogen-bond acceptors (Lipinski definition) is 3. The molecule has 0 atom stereocenters. The molecule has 0 aliphatic carbocycles. The molecule has 0 fully saturated rings. The van der Waals surface area contributed by atoms with E-state index in [1.54, 1.807) is 12.3 Å². The molecule has 1 aromatic rings. The summed E-state index contributed by atoms with van der Waals surface area (Å²) in [6, 6.07) is 3.64. The summed E-state index contributed by atoms with van der Waals surface area (Å²) >= 11 is 5.63. The summed E-state index contributed by atoms with van der Waals surface area (Å²) in [5.41, 5.74) is 0.840. The van der Waals surface area contributed by atoms with Gasteiger partial charge in [-0.3, -0.25) is 0 Å².